The molecule has 1 N–H and O–H groups in total. The standard InChI is InChI=1S/C33H40ClN3O5S/c1-4-31(33(39)35-26-12-6-5-7-13-26)36(22-25-11-8-9-16-30(25)34)32(38)23-37(27-14-10-15-28(21-27)42-3)43(40,41)29-19-17-24(2)18-20-29/h8-11,14-21,26,31H,4-7,12-13,22-23H2,1-3H3,(H,35,39). The van der Waals surface area contributed by atoms with E-state index in [2.05, 4.69) is 5.32 Å². The Labute approximate surface area is 260 Å². The van der Waals surface area contributed by atoms with E-state index in [9.17, 15) is 18.0 Å². The SMILES string of the molecule is CCC(C(=O)NC1CCCCC1)N(Cc1ccccc1Cl)C(=O)CN(c1cccc(OC)c1)S(=O)(=O)c1ccc(C)cc1. The molecule has 4 rings (SSSR count). The van der Waals surface area contributed by atoms with Gasteiger partial charge in [-0.3, -0.25) is 13.9 Å². The molecule has 0 spiro atoms. The van der Waals surface area contributed by atoms with Crippen molar-refractivity contribution in [2.45, 2.75) is 75.9 Å². The highest BCUT2D eigenvalue weighted by Gasteiger charge is 2.34. The summed E-state index contributed by atoms with van der Waals surface area (Å²) in [6, 6.07) is 19.4. The number of carbonyl (C=O) groups excluding carboxylic acids is 2. The van der Waals surface area contributed by atoms with Gasteiger partial charge in [0.2, 0.25) is 11.8 Å². The number of nitrogens with one attached hydrogen (secondary N) is 1. The zero-order valence-electron chi connectivity index (χ0n) is 25.0. The minimum absolute atomic E-state index is 0.0473. The molecule has 230 valence electrons. The Kier molecular flexibility index (Phi) is 11.1. The lowest BCUT2D eigenvalue weighted by atomic mass is 9.95. The van der Waals surface area contributed by atoms with Crippen LogP contribution in [0.4, 0.5) is 5.69 Å². The first-order valence-electron chi connectivity index (χ1n) is 14.7. The number of benzene rings is 3. The lowest BCUT2D eigenvalue weighted by Gasteiger charge is -2.34. The summed E-state index contributed by atoms with van der Waals surface area (Å²) in [5.74, 6) is -0.325. The number of anilines is 1. The molecule has 0 radical (unpaired) electrons. The number of ether oxygens (including phenoxy) is 1. The van der Waals surface area contributed by atoms with Gasteiger partial charge in [0, 0.05) is 23.7 Å². The number of methoxy groups -OCH3 is 1. The van der Waals surface area contributed by atoms with Crippen molar-refractivity contribution in [1.29, 1.82) is 0 Å². The Hall–Kier alpha value is -3.56. The second-order valence-electron chi connectivity index (χ2n) is 10.9. The number of aryl methyl sites for hydroxylation is 1. The van der Waals surface area contributed by atoms with Crippen LogP contribution in [0.1, 0.15) is 56.6 Å². The highest BCUT2D eigenvalue weighted by molar-refractivity contribution is 7.92. The van der Waals surface area contributed by atoms with Crippen LogP contribution in [-0.2, 0) is 26.2 Å². The zero-order chi connectivity index (χ0) is 31.0. The fourth-order valence-electron chi connectivity index (χ4n) is 5.41. The summed E-state index contributed by atoms with van der Waals surface area (Å²) >= 11 is 6.50. The summed E-state index contributed by atoms with van der Waals surface area (Å²) in [4.78, 5) is 29.5. The smallest absolute Gasteiger partial charge is 0.264 e. The van der Waals surface area contributed by atoms with E-state index in [0.29, 0.717) is 22.8 Å². The van der Waals surface area contributed by atoms with Crippen LogP contribution in [0.2, 0.25) is 5.02 Å². The van der Waals surface area contributed by atoms with E-state index in [1.807, 2.05) is 19.9 Å². The molecule has 43 heavy (non-hydrogen) atoms. The summed E-state index contributed by atoms with van der Waals surface area (Å²) in [6.45, 7) is 3.24. The van der Waals surface area contributed by atoms with Crippen LogP contribution in [0, 0.1) is 6.92 Å². The monoisotopic (exact) mass is 625 g/mol. The molecule has 2 amide bonds. The number of rotatable bonds is 12. The molecule has 1 aliphatic rings. The fourth-order valence-corrected chi connectivity index (χ4v) is 7.01. The number of sulfonamides is 1. The molecule has 3 aromatic carbocycles. The lowest BCUT2D eigenvalue weighted by molar-refractivity contribution is -0.140. The summed E-state index contributed by atoms with van der Waals surface area (Å²) in [7, 11) is -2.69. The molecule has 1 atom stereocenters. The summed E-state index contributed by atoms with van der Waals surface area (Å²) < 4.78 is 34.6. The molecule has 1 unspecified atom stereocenters. The molecule has 1 aliphatic carbocycles. The van der Waals surface area contributed by atoms with Crippen LogP contribution < -0.4 is 14.4 Å². The van der Waals surface area contributed by atoms with E-state index in [1.165, 1.54) is 24.1 Å². The maximum absolute atomic E-state index is 14.3. The van der Waals surface area contributed by atoms with Crippen molar-refractivity contribution in [3.63, 3.8) is 0 Å². The molecule has 10 heteroatoms. The van der Waals surface area contributed by atoms with Gasteiger partial charge in [0.1, 0.15) is 18.3 Å². The van der Waals surface area contributed by atoms with Crippen molar-refractivity contribution >= 4 is 39.1 Å². The summed E-state index contributed by atoms with van der Waals surface area (Å²) in [5, 5.41) is 3.61. The Morgan fingerprint density at radius 2 is 1.70 bits per heavy atom. The van der Waals surface area contributed by atoms with Crippen LogP contribution in [0.25, 0.3) is 0 Å². The maximum atomic E-state index is 14.3. The molecular formula is C33H40ClN3O5S. The number of halogens is 1. The van der Waals surface area contributed by atoms with E-state index in [1.54, 1.807) is 54.6 Å². The molecule has 1 saturated carbocycles. The number of nitrogens with zero attached hydrogens (tertiary/aromatic N) is 2. The van der Waals surface area contributed by atoms with Crippen molar-refractivity contribution in [2.24, 2.45) is 0 Å². The Morgan fingerprint density at radius 3 is 2.35 bits per heavy atom. The number of amides is 2. The minimum Gasteiger partial charge on any atom is -0.497 e. The lowest BCUT2D eigenvalue weighted by Crippen LogP contribution is -2.54. The average Bonchev–Trinajstić information content (AvgIpc) is 3.01. The third kappa shape index (κ3) is 8.09. The van der Waals surface area contributed by atoms with Gasteiger partial charge in [-0.05, 0) is 62.1 Å². The molecule has 0 aliphatic heterocycles. The van der Waals surface area contributed by atoms with Gasteiger partial charge in [-0.2, -0.15) is 0 Å². The van der Waals surface area contributed by atoms with Crippen molar-refractivity contribution < 1.29 is 22.7 Å². The van der Waals surface area contributed by atoms with E-state index in [4.69, 9.17) is 16.3 Å². The van der Waals surface area contributed by atoms with Gasteiger partial charge in [-0.1, -0.05) is 79.7 Å². The molecule has 0 saturated heterocycles. The van der Waals surface area contributed by atoms with Crippen molar-refractivity contribution in [2.75, 3.05) is 18.0 Å². The highest BCUT2D eigenvalue weighted by Crippen LogP contribution is 2.28. The highest BCUT2D eigenvalue weighted by atomic mass is 35.5. The fraction of sp³-hybridized carbons (Fsp3) is 0.394. The Morgan fingerprint density at radius 1 is 1.00 bits per heavy atom. The normalized spacial score (nSPS) is 14.5. The molecule has 0 aromatic heterocycles. The van der Waals surface area contributed by atoms with Crippen LogP contribution >= 0.6 is 11.6 Å². The average molecular weight is 626 g/mol. The van der Waals surface area contributed by atoms with Crippen LogP contribution in [0.3, 0.4) is 0 Å². The molecular weight excluding hydrogens is 586 g/mol. The van der Waals surface area contributed by atoms with Gasteiger partial charge in [0.05, 0.1) is 17.7 Å². The zero-order valence-corrected chi connectivity index (χ0v) is 26.5. The summed E-state index contributed by atoms with van der Waals surface area (Å²) in [6.07, 6.45) is 5.40. The van der Waals surface area contributed by atoms with E-state index in [0.717, 1.165) is 42.0 Å². The van der Waals surface area contributed by atoms with Gasteiger partial charge >= 0.3 is 0 Å². The quantitative estimate of drug-likeness (QED) is 0.262. The first kappa shape index (κ1) is 32.4. The molecule has 3 aromatic rings. The largest absolute Gasteiger partial charge is 0.497 e. The molecule has 0 heterocycles. The predicted octanol–water partition coefficient (Wildman–Crippen LogP) is 6.11. The second kappa shape index (κ2) is 14.8. The topological polar surface area (TPSA) is 96.0 Å². The van der Waals surface area contributed by atoms with E-state index >= 15 is 0 Å². The van der Waals surface area contributed by atoms with Crippen molar-refractivity contribution in [1.82, 2.24) is 10.2 Å². The van der Waals surface area contributed by atoms with Crippen LogP contribution in [0.5, 0.6) is 5.75 Å². The Balaban J connectivity index is 1.73. The van der Waals surface area contributed by atoms with Gasteiger partial charge < -0.3 is 15.0 Å². The van der Waals surface area contributed by atoms with Crippen LogP contribution in [-0.4, -0.2) is 50.9 Å². The van der Waals surface area contributed by atoms with Crippen molar-refractivity contribution in [3.05, 3.63) is 88.9 Å². The first-order valence-corrected chi connectivity index (χ1v) is 16.5. The molecule has 0 bridgehead atoms. The van der Waals surface area contributed by atoms with Gasteiger partial charge in [-0.25, -0.2) is 8.42 Å². The van der Waals surface area contributed by atoms with E-state index in [-0.39, 0.29) is 29.1 Å². The third-order valence-electron chi connectivity index (χ3n) is 7.87. The van der Waals surface area contributed by atoms with Gasteiger partial charge in [0.15, 0.2) is 0 Å². The van der Waals surface area contributed by atoms with Gasteiger partial charge in [0.25, 0.3) is 10.0 Å². The van der Waals surface area contributed by atoms with Crippen molar-refractivity contribution in [3.8, 4) is 5.75 Å². The van der Waals surface area contributed by atoms with Crippen LogP contribution in [0.15, 0.2) is 77.7 Å². The Bertz CT molecular complexity index is 1510. The number of hydrogen-bond donors (Lipinski definition) is 1. The third-order valence-corrected chi connectivity index (χ3v) is 10.0. The number of carbonyl (C=O) groups is 2. The summed E-state index contributed by atoms with van der Waals surface area (Å²) in [5.41, 5.74) is 1.84. The number of hydrogen-bond acceptors (Lipinski definition) is 5. The minimum atomic E-state index is -4.18. The predicted molar refractivity (Wildman–Crippen MR) is 170 cm³/mol. The van der Waals surface area contributed by atoms with Gasteiger partial charge in [-0.15, -0.1) is 0 Å². The first-order chi connectivity index (χ1) is 20.6. The molecule has 8 nitrogen and oxygen atoms in total. The molecule has 1 fully saturated rings. The second-order valence-corrected chi connectivity index (χ2v) is 13.2. The van der Waals surface area contributed by atoms with E-state index < -0.39 is 28.5 Å². The maximum Gasteiger partial charge on any atom is 0.264 e.